The van der Waals surface area contributed by atoms with Crippen LogP contribution in [0.3, 0.4) is 0 Å². The van der Waals surface area contributed by atoms with E-state index in [1.807, 2.05) is 0 Å². The van der Waals surface area contributed by atoms with E-state index in [1.165, 1.54) is 50.5 Å². The van der Waals surface area contributed by atoms with Crippen molar-refractivity contribution in [2.75, 3.05) is 13.7 Å². The highest BCUT2D eigenvalue weighted by Gasteiger charge is 2.39. The second kappa shape index (κ2) is 7.44. The Morgan fingerprint density at radius 2 is 1.88 bits per heavy atom. The molecule has 3 aliphatic rings. The van der Waals surface area contributed by atoms with Gasteiger partial charge in [0.1, 0.15) is 0 Å². The van der Waals surface area contributed by atoms with Gasteiger partial charge >= 0.3 is 0 Å². The maximum absolute atomic E-state index is 6.11. The Bertz CT molecular complexity index is 631. The molecule has 0 N–H and O–H groups in total. The minimum absolute atomic E-state index is 0.726. The number of fused-ring (bicyclic) bond motifs is 3. The molecule has 2 heteroatoms. The van der Waals surface area contributed by atoms with Crippen LogP contribution in [-0.4, -0.2) is 13.7 Å². The van der Waals surface area contributed by atoms with Crippen LogP contribution in [0.1, 0.15) is 76.3 Å². The Balaban J connectivity index is 1.55. The highest BCUT2D eigenvalue weighted by molar-refractivity contribution is 5.50. The third kappa shape index (κ3) is 3.75. The summed E-state index contributed by atoms with van der Waals surface area (Å²) in [6, 6.07) is 4.63. The molecular formula is C24H36O2. The summed E-state index contributed by atoms with van der Waals surface area (Å²) < 4.78 is 11.8. The minimum Gasteiger partial charge on any atom is -0.493 e. The molecule has 2 fully saturated rings. The summed E-state index contributed by atoms with van der Waals surface area (Å²) in [6.45, 7) is 8.10. The second-order valence-electron chi connectivity index (χ2n) is 9.70. The Morgan fingerprint density at radius 1 is 1.08 bits per heavy atom. The van der Waals surface area contributed by atoms with Crippen molar-refractivity contribution in [3.63, 3.8) is 0 Å². The highest BCUT2D eigenvalue weighted by Crippen LogP contribution is 2.52. The van der Waals surface area contributed by atoms with E-state index < -0.39 is 0 Å². The minimum atomic E-state index is 0.726. The summed E-state index contributed by atoms with van der Waals surface area (Å²) in [5.41, 5.74) is 3.08. The van der Waals surface area contributed by atoms with Gasteiger partial charge in [0.05, 0.1) is 13.7 Å². The topological polar surface area (TPSA) is 18.5 Å². The zero-order valence-corrected chi connectivity index (χ0v) is 17.1. The lowest BCUT2D eigenvalue weighted by Crippen LogP contribution is -2.33. The zero-order chi connectivity index (χ0) is 18.3. The van der Waals surface area contributed by atoms with Gasteiger partial charge in [0, 0.05) is 0 Å². The normalized spacial score (nSPS) is 30.7. The van der Waals surface area contributed by atoms with Gasteiger partial charge in [-0.3, -0.25) is 0 Å². The maximum atomic E-state index is 6.11. The molecule has 0 heterocycles. The molecule has 0 amide bonds. The van der Waals surface area contributed by atoms with Crippen LogP contribution in [0.4, 0.5) is 0 Å². The van der Waals surface area contributed by atoms with Crippen molar-refractivity contribution in [3.05, 3.63) is 23.3 Å². The summed E-state index contributed by atoms with van der Waals surface area (Å²) in [6.07, 6.45) is 9.38. The largest absolute Gasteiger partial charge is 0.493 e. The first kappa shape index (κ1) is 18.2. The summed E-state index contributed by atoms with van der Waals surface area (Å²) in [7, 11) is 1.79. The molecule has 0 radical (unpaired) electrons. The van der Waals surface area contributed by atoms with Crippen molar-refractivity contribution < 1.29 is 9.47 Å². The molecule has 0 aliphatic heterocycles. The predicted molar refractivity (Wildman–Crippen MR) is 107 cm³/mol. The highest BCUT2D eigenvalue weighted by atomic mass is 16.5. The molecule has 0 aromatic heterocycles. The smallest absolute Gasteiger partial charge is 0.161 e. The van der Waals surface area contributed by atoms with Gasteiger partial charge in [-0.05, 0) is 104 Å². The van der Waals surface area contributed by atoms with Crippen molar-refractivity contribution >= 4 is 0 Å². The molecular weight excluding hydrogens is 320 g/mol. The van der Waals surface area contributed by atoms with Gasteiger partial charge in [0.25, 0.3) is 0 Å². The lowest BCUT2D eigenvalue weighted by Gasteiger charge is -2.44. The summed E-state index contributed by atoms with van der Waals surface area (Å²) in [5, 5.41) is 0. The number of hydrogen-bond donors (Lipinski definition) is 0. The fourth-order valence-electron chi connectivity index (χ4n) is 5.49. The number of benzene rings is 1. The molecule has 2 nitrogen and oxygen atoms in total. The zero-order valence-electron chi connectivity index (χ0n) is 17.1. The van der Waals surface area contributed by atoms with E-state index >= 15 is 0 Å². The van der Waals surface area contributed by atoms with Gasteiger partial charge in [-0.1, -0.05) is 20.8 Å². The molecule has 4 rings (SSSR count). The molecule has 26 heavy (non-hydrogen) atoms. The van der Waals surface area contributed by atoms with Gasteiger partial charge in [-0.15, -0.1) is 0 Å². The summed E-state index contributed by atoms with van der Waals surface area (Å²) in [5.74, 6) is 6.86. The van der Waals surface area contributed by atoms with E-state index in [2.05, 4.69) is 32.9 Å². The molecule has 4 atom stereocenters. The Hall–Kier alpha value is -1.18. The average molecular weight is 357 g/mol. The molecule has 0 spiro atoms. The van der Waals surface area contributed by atoms with E-state index in [0.717, 1.165) is 53.6 Å². The summed E-state index contributed by atoms with van der Waals surface area (Å²) >= 11 is 0. The van der Waals surface area contributed by atoms with Crippen molar-refractivity contribution in [3.8, 4) is 11.5 Å². The van der Waals surface area contributed by atoms with Crippen LogP contribution in [0.15, 0.2) is 12.1 Å². The molecule has 0 bridgehead atoms. The number of hydrogen-bond acceptors (Lipinski definition) is 2. The number of ether oxygens (including phenoxy) is 2. The molecule has 144 valence electrons. The van der Waals surface area contributed by atoms with E-state index in [9.17, 15) is 0 Å². The van der Waals surface area contributed by atoms with Crippen LogP contribution in [0, 0.1) is 29.6 Å². The quantitative estimate of drug-likeness (QED) is 0.602. The first-order chi connectivity index (χ1) is 12.5. The maximum Gasteiger partial charge on any atom is 0.161 e. The lowest BCUT2D eigenvalue weighted by molar-refractivity contribution is 0.132. The Kier molecular flexibility index (Phi) is 5.21. The fraction of sp³-hybridized carbons (Fsp3) is 0.750. The van der Waals surface area contributed by atoms with E-state index in [-0.39, 0.29) is 0 Å². The van der Waals surface area contributed by atoms with Gasteiger partial charge < -0.3 is 9.47 Å². The van der Waals surface area contributed by atoms with E-state index in [1.54, 1.807) is 12.7 Å². The lowest BCUT2D eigenvalue weighted by atomic mass is 9.61. The number of methoxy groups -OCH3 is 1. The summed E-state index contributed by atoms with van der Waals surface area (Å²) in [4.78, 5) is 0. The van der Waals surface area contributed by atoms with Gasteiger partial charge in [-0.2, -0.15) is 0 Å². The van der Waals surface area contributed by atoms with Gasteiger partial charge in [-0.25, -0.2) is 0 Å². The van der Waals surface area contributed by atoms with Crippen LogP contribution in [-0.2, 0) is 6.42 Å². The number of rotatable bonds is 6. The van der Waals surface area contributed by atoms with E-state index in [0.29, 0.717) is 0 Å². The first-order valence-corrected chi connectivity index (χ1v) is 10.9. The van der Waals surface area contributed by atoms with Crippen molar-refractivity contribution in [2.45, 2.75) is 71.6 Å². The molecule has 3 aliphatic carbocycles. The fourth-order valence-corrected chi connectivity index (χ4v) is 5.49. The average Bonchev–Trinajstić information content (AvgIpc) is 3.44. The second-order valence-corrected chi connectivity index (χ2v) is 9.70. The molecule has 0 saturated heterocycles. The van der Waals surface area contributed by atoms with Crippen molar-refractivity contribution in [2.24, 2.45) is 29.6 Å². The van der Waals surface area contributed by atoms with E-state index in [4.69, 9.17) is 9.47 Å². The SMILES string of the molecule is COc1cc2c(cc1OCC1CC1)CCC1C[C@@H](CC(C)C)[C@H](C)C[C@H]21. The monoisotopic (exact) mass is 356 g/mol. The van der Waals surface area contributed by atoms with Crippen molar-refractivity contribution in [1.82, 2.24) is 0 Å². The van der Waals surface area contributed by atoms with Gasteiger partial charge in [0.2, 0.25) is 0 Å². The van der Waals surface area contributed by atoms with Crippen molar-refractivity contribution in [1.29, 1.82) is 0 Å². The Morgan fingerprint density at radius 3 is 2.58 bits per heavy atom. The standard InChI is InChI=1S/C24H36O2/c1-15(2)9-20-11-18-7-8-19-12-24(26-14-17-5-6-17)23(25-4)13-22(19)21(18)10-16(20)3/h12-13,15-18,20-21H,5-11,14H2,1-4H3/t16-,18?,20-,21+/m1/s1. The number of aryl methyl sites for hydroxylation is 1. The van der Waals surface area contributed by atoms with Crippen LogP contribution in [0.25, 0.3) is 0 Å². The van der Waals surface area contributed by atoms with Crippen LogP contribution >= 0.6 is 0 Å². The first-order valence-electron chi connectivity index (χ1n) is 10.9. The Labute approximate surface area is 159 Å². The van der Waals surface area contributed by atoms with Crippen LogP contribution < -0.4 is 9.47 Å². The van der Waals surface area contributed by atoms with Crippen LogP contribution in [0.2, 0.25) is 0 Å². The predicted octanol–water partition coefficient (Wildman–Crippen LogP) is 6.22. The molecule has 1 aromatic rings. The third-order valence-corrected chi connectivity index (χ3v) is 7.16. The molecule has 1 aromatic carbocycles. The van der Waals surface area contributed by atoms with Crippen LogP contribution in [0.5, 0.6) is 11.5 Å². The molecule has 2 saturated carbocycles. The third-order valence-electron chi connectivity index (χ3n) is 7.16. The van der Waals surface area contributed by atoms with Gasteiger partial charge in [0.15, 0.2) is 11.5 Å². The molecule has 1 unspecified atom stereocenters.